The second-order valence-electron chi connectivity index (χ2n) is 8.39. The number of carbonyl (C=O) groups is 3. The van der Waals surface area contributed by atoms with E-state index in [-0.39, 0.29) is 30.0 Å². The Hall–Kier alpha value is -3.61. The molecule has 0 aliphatic carbocycles. The Morgan fingerprint density at radius 3 is 2.23 bits per heavy atom. The fourth-order valence-corrected chi connectivity index (χ4v) is 3.15. The second-order valence-corrected chi connectivity index (χ2v) is 8.39. The van der Waals surface area contributed by atoms with Crippen LogP contribution >= 0.6 is 0 Å². The molecule has 0 aliphatic heterocycles. The minimum atomic E-state index is -0.537. The predicted molar refractivity (Wildman–Crippen MR) is 119 cm³/mol. The monoisotopic (exact) mass is 421 g/mol. The van der Waals surface area contributed by atoms with E-state index in [0.29, 0.717) is 16.7 Å². The number of carbonyl (C=O) groups excluding carboxylic acids is 3. The number of amides is 3. The van der Waals surface area contributed by atoms with Gasteiger partial charge < -0.3 is 9.73 Å². The molecular formula is C24H27N3O4. The first-order chi connectivity index (χ1) is 14.7. The summed E-state index contributed by atoms with van der Waals surface area (Å²) < 4.78 is 5.56. The summed E-state index contributed by atoms with van der Waals surface area (Å²) >= 11 is 0. The van der Waals surface area contributed by atoms with E-state index in [1.165, 1.54) is 0 Å². The Kier molecular flexibility index (Phi) is 6.44. The number of benzene rings is 2. The van der Waals surface area contributed by atoms with Gasteiger partial charge in [0.1, 0.15) is 5.58 Å². The average Bonchev–Trinajstić information content (AvgIpc) is 3.08. The number of rotatable bonds is 5. The van der Waals surface area contributed by atoms with Gasteiger partial charge in [0.05, 0.1) is 0 Å². The van der Waals surface area contributed by atoms with Gasteiger partial charge in [0.2, 0.25) is 5.91 Å². The van der Waals surface area contributed by atoms with Crippen molar-refractivity contribution in [2.45, 2.75) is 39.5 Å². The zero-order valence-corrected chi connectivity index (χ0v) is 18.2. The normalized spacial score (nSPS) is 11.2. The molecule has 1 aromatic heterocycles. The number of fused-ring (bicyclic) bond motifs is 1. The maximum atomic E-state index is 12.3. The van der Waals surface area contributed by atoms with Crippen LogP contribution in [0, 0.1) is 6.92 Å². The van der Waals surface area contributed by atoms with Crippen molar-refractivity contribution in [3.63, 3.8) is 0 Å². The molecule has 31 heavy (non-hydrogen) atoms. The van der Waals surface area contributed by atoms with E-state index in [0.717, 1.165) is 10.9 Å². The number of hydrogen-bond acceptors (Lipinski definition) is 4. The highest BCUT2D eigenvalue weighted by molar-refractivity contribution is 5.99. The summed E-state index contributed by atoms with van der Waals surface area (Å²) in [6, 6.07) is 14.7. The molecule has 162 valence electrons. The molecule has 7 nitrogen and oxygen atoms in total. The van der Waals surface area contributed by atoms with Gasteiger partial charge in [-0.1, -0.05) is 51.1 Å². The Morgan fingerprint density at radius 2 is 1.58 bits per heavy atom. The smallest absolute Gasteiger partial charge is 0.305 e. The standard InChI is InChI=1S/C24H27N3O4/c1-15-18-7-5-6-8-19(18)31-21(15)23(30)27-26-20(28)13-14-25-22(29)16-9-11-17(12-10-16)24(2,3)4/h5-12H,13-14H2,1-4H3,(H,25,29)(H,26,28)(H,27,30). The first-order valence-corrected chi connectivity index (χ1v) is 10.1. The van der Waals surface area contributed by atoms with Crippen molar-refractivity contribution in [1.82, 2.24) is 16.2 Å². The Morgan fingerprint density at radius 1 is 0.903 bits per heavy atom. The minimum Gasteiger partial charge on any atom is -0.451 e. The summed E-state index contributed by atoms with van der Waals surface area (Å²) in [4.78, 5) is 36.6. The first-order valence-electron chi connectivity index (χ1n) is 10.1. The molecule has 1 heterocycles. The van der Waals surface area contributed by atoms with Gasteiger partial charge in [-0.25, -0.2) is 0 Å². The summed E-state index contributed by atoms with van der Waals surface area (Å²) in [5, 5.41) is 3.55. The van der Waals surface area contributed by atoms with Crippen LogP contribution in [-0.2, 0) is 10.2 Å². The van der Waals surface area contributed by atoms with Gasteiger partial charge in [0.15, 0.2) is 5.76 Å². The third kappa shape index (κ3) is 5.31. The number of furan rings is 1. The summed E-state index contributed by atoms with van der Waals surface area (Å²) in [5.74, 6) is -1.07. The van der Waals surface area contributed by atoms with Crippen LogP contribution in [-0.4, -0.2) is 24.3 Å². The summed E-state index contributed by atoms with van der Waals surface area (Å²) in [5.41, 5.74) is 7.67. The first kappa shape index (κ1) is 22.1. The number of hydrazine groups is 1. The SMILES string of the molecule is Cc1c(C(=O)NNC(=O)CCNC(=O)c2ccc(C(C)(C)C)cc2)oc2ccccc12. The number of para-hydroxylation sites is 1. The van der Waals surface area contributed by atoms with Crippen LogP contribution in [0.3, 0.4) is 0 Å². The van der Waals surface area contributed by atoms with Gasteiger partial charge in [0.25, 0.3) is 5.91 Å². The van der Waals surface area contributed by atoms with E-state index in [1.54, 1.807) is 25.1 Å². The lowest BCUT2D eigenvalue weighted by Crippen LogP contribution is -2.42. The fourth-order valence-electron chi connectivity index (χ4n) is 3.15. The maximum Gasteiger partial charge on any atom is 0.305 e. The van der Waals surface area contributed by atoms with Gasteiger partial charge in [-0.2, -0.15) is 0 Å². The number of aryl methyl sites for hydroxylation is 1. The van der Waals surface area contributed by atoms with E-state index < -0.39 is 11.8 Å². The van der Waals surface area contributed by atoms with Crippen molar-refractivity contribution >= 4 is 28.7 Å². The fraction of sp³-hybridized carbons (Fsp3) is 0.292. The van der Waals surface area contributed by atoms with E-state index in [9.17, 15) is 14.4 Å². The van der Waals surface area contributed by atoms with Gasteiger partial charge in [-0.05, 0) is 36.1 Å². The van der Waals surface area contributed by atoms with Crippen LogP contribution < -0.4 is 16.2 Å². The molecule has 0 fully saturated rings. The Balaban J connectivity index is 1.45. The summed E-state index contributed by atoms with van der Waals surface area (Å²) in [6.45, 7) is 8.25. The Labute approximate surface area is 181 Å². The van der Waals surface area contributed by atoms with Crippen LogP contribution in [0.5, 0.6) is 0 Å². The average molecular weight is 421 g/mol. The molecule has 3 amide bonds. The van der Waals surface area contributed by atoms with Crippen molar-refractivity contribution in [3.8, 4) is 0 Å². The quantitative estimate of drug-likeness (QED) is 0.548. The molecule has 7 heteroatoms. The molecule has 0 saturated heterocycles. The number of nitrogens with one attached hydrogen (secondary N) is 3. The highest BCUT2D eigenvalue weighted by Crippen LogP contribution is 2.24. The lowest BCUT2D eigenvalue weighted by Gasteiger charge is -2.19. The molecule has 2 aromatic carbocycles. The molecule has 0 saturated carbocycles. The van der Waals surface area contributed by atoms with Gasteiger partial charge in [0, 0.05) is 29.5 Å². The lowest BCUT2D eigenvalue weighted by molar-refractivity contribution is -0.121. The summed E-state index contributed by atoms with van der Waals surface area (Å²) in [7, 11) is 0. The van der Waals surface area contributed by atoms with Gasteiger partial charge in [-0.3, -0.25) is 25.2 Å². The largest absolute Gasteiger partial charge is 0.451 e. The predicted octanol–water partition coefficient (Wildman–Crippen LogP) is 3.62. The molecule has 0 bridgehead atoms. The van der Waals surface area contributed by atoms with Gasteiger partial charge in [-0.15, -0.1) is 0 Å². The zero-order chi connectivity index (χ0) is 22.6. The van der Waals surface area contributed by atoms with Crippen LogP contribution in [0.2, 0.25) is 0 Å². The third-order valence-electron chi connectivity index (χ3n) is 5.02. The zero-order valence-electron chi connectivity index (χ0n) is 18.2. The van der Waals surface area contributed by atoms with Crippen LogP contribution in [0.25, 0.3) is 11.0 Å². The number of hydrogen-bond donors (Lipinski definition) is 3. The van der Waals surface area contributed by atoms with Gasteiger partial charge >= 0.3 is 5.91 Å². The van der Waals surface area contributed by atoms with Crippen molar-refractivity contribution < 1.29 is 18.8 Å². The molecule has 3 aromatic rings. The second kappa shape index (κ2) is 9.04. The van der Waals surface area contributed by atoms with E-state index in [2.05, 4.69) is 36.9 Å². The van der Waals surface area contributed by atoms with Crippen molar-refractivity contribution in [2.75, 3.05) is 6.54 Å². The van der Waals surface area contributed by atoms with E-state index in [1.807, 2.05) is 30.3 Å². The molecule has 0 aliphatic rings. The lowest BCUT2D eigenvalue weighted by atomic mass is 9.87. The Bertz CT molecular complexity index is 1110. The van der Waals surface area contributed by atoms with Crippen molar-refractivity contribution in [1.29, 1.82) is 0 Å². The van der Waals surface area contributed by atoms with E-state index >= 15 is 0 Å². The molecule has 0 unspecified atom stereocenters. The molecule has 3 N–H and O–H groups in total. The van der Waals surface area contributed by atoms with Crippen molar-refractivity contribution in [2.24, 2.45) is 0 Å². The third-order valence-corrected chi connectivity index (χ3v) is 5.02. The van der Waals surface area contributed by atoms with Crippen molar-refractivity contribution in [3.05, 3.63) is 71.0 Å². The highest BCUT2D eigenvalue weighted by Gasteiger charge is 2.18. The molecule has 3 rings (SSSR count). The molecular weight excluding hydrogens is 394 g/mol. The van der Waals surface area contributed by atoms with Crippen LogP contribution in [0.1, 0.15) is 59.2 Å². The highest BCUT2D eigenvalue weighted by atomic mass is 16.3. The maximum absolute atomic E-state index is 12.3. The molecule has 0 radical (unpaired) electrons. The topological polar surface area (TPSA) is 100 Å². The summed E-state index contributed by atoms with van der Waals surface area (Å²) in [6.07, 6.45) is 0.0191. The molecule has 0 spiro atoms. The van der Waals surface area contributed by atoms with Crippen LogP contribution in [0.15, 0.2) is 52.9 Å². The minimum absolute atomic E-state index is 0.0123. The van der Waals surface area contributed by atoms with Crippen LogP contribution in [0.4, 0.5) is 0 Å². The molecule has 0 atom stereocenters. The van der Waals surface area contributed by atoms with E-state index in [4.69, 9.17) is 4.42 Å².